The average Bonchev–Trinajstić information content (AvgIpc) is 3.09. The predicted molar refractivity (Wildman–Crippen MR) is 110 cm³/mol. The number of aromatic nitrogens is 3. The third-order valence-corrected chi connectivity index (χ3v) is 4.96. The van der Waals surface area contributed by atoms with Gasteiger partial charge in [-0.05, 0) is 36.4 Å². The molecule has 140 valence electrons. The number of halogens is 1. The fourth-order valence-corrected chi connectivity index (χ4v) is 3.43. The Labute approximate surface area is 168 Å². The zero-order chi connectivity index (χ0) is 19.1. The van der Waals surface area contributed by atoms with Crippen LogP contribution in [0.5, 0.6) is 11.5 Å². The third-order valence-electron chi connectivity index (χ3n) is 3.77. The second-order valence-corrected chi connectivity index (χ2v) is 7.06. The molecule has 0 aliphatic heterocycles. The minimum Gasteiger partial charge on any atom is -0.496 e. The fourth-order valence-electron chi connectivity index (χ4n) is 2.54. The lowest BCUT2D eigenvalue weighted by atomic mass is 10.2. The number of hydrogen-bond acceptors (Lipinski definition) is 5. The summed E-state index contributed by atoms with van der Waals surface area (Å²) in [5.74, 6) is 3.05. The second-order valence-electron chi connectivity index (χ2n) is 5.56. The lowest BCUT2D eigenvalue weighted by molar-refractivity contribution is 0.344. The molecule has 27 heavy (non-hydrogen) atoms. The molecule has 0 radical (unpaired) electrons. The number of methoxy groups -OCH3 is 1. The molecule has 0 bridgehead atoms. The Bertz CT molecular complexity index is 896. The van der Waals surface area contributed by atoms with E-state index in [4.69, 9.17) is 21.1 Å². The summed E-state index contributed by atoms with van der Waals surface area (Å²) in [7, 11) is 1.65. The number of ether oxygens (including phenoxy) is 2. The molecule has 5 nitrogen and oxygen atoms in total. The van der Waals surface area contributed by atoms with Crippen molar-refractivity contribution in [3.63, 3.8) is 0 Å². The van der Waals surface area contributed by atoms with E-state index in [0.717, 1.165) is 33.8 Å². The molecule has 0 aliphatic carbocycles. The normalized spacial score (nSPS) is 10.6. The van der Waals surface area contributed by atoms with Gasteiger partial charge in [-0.15, -0.1) is 16.8 Å². The highest BCUT2D eigenvalue weighted by atomic mass is 35.5. The van der Waals surface area contributed by atoms with E-state index in [9.17, 15) is 0 Å². The van der Waals surface area contributed by atoms with Gasteiger partial charge in [0.25, 0.3) is 0 Å². The Hall–Kier alpha value is -2.44. The molecule has 0 saturated carbocycles. The van der Waals surface area contributed by atoms with Crippen LogP contribution in [0.4, 0.5) is 0 Å². The maximum atomic E-state index is 5.88. The number of para-hydroxylation sites is 1. The molecule has 0 N–H and O–H groups in total. The molecule has 1 aromatic heterocycles. The summed E-state index contributed by atoms with van der Waals surface area (Å²) in [6, 6.07) is 15.1. The van der Waals surface area contributed by atoms with Crippen molar-refractivity contribution in [3.8, 4) is 22.9 Å². The first-order valence-electron chi connectivity index (χ1n) is 8.41. The van der Waals surface area contributed by atoms with Gasteiger partial charge < -0.3 is 9.47 Å². The van der Waals surface area contributed by atoms with E-state index in [0.29, 0.717) is 18.2 Å². The summed E-state index contributed by atoms with van der Waals surface area (Å²) in [6.45, 7) is 5.01. The first kappa shape index (κ1) is 19.3. The number of benzene rings is 2. The van der Waals surface area contributed by atoms with Crippen molar-refractivity contribution < 1.29 is 9.47 Å². The quantitative estimate of drug-likeness (QED) is 0.288. The molecule has 1 heterocycles. The van der Waals surface area contributed by atoms with Gasteiger partial charge in [-0.1, -0.05) is 41.6 Å². The minimum absolute atomic E-state index is 0.553. The summed E-state index contributed by atoms with van der Waals surface area (Å²) in [5.41, 5.74) is 0.901. The SMILES string of the molecule is C=CCn1c(SCCOc2ccc(Cl)cc2)nnc1-c1ccccc1OC. The maximum absolute atomic E-state index is 5.88. The molecule has 0 atom stereocenters. The summed E-state index contributed by atoms with van der Waals surface area (Å²) in [5, 5.41) is 10.2. The van der Waals surface area contributed by atoms with Gasteiger partial charge in [-0.2, -0.15) is 0 Å². The number of hydrogen-bond donors (Lipinski definition) is 0. The number of allylic oxidation sites excluding steroid dienone is 1. The van der Waals surface area contributed by atoms with Crippen LogP contribution >= 0.6 is 23.4 Å². The lowest BCUT2D eigenvalue weighted by Crippen LogP contribution is -2.04. The first-order valence-corrected chi connectivity index (χ1v) is 9.78. The van der Waals surface area contributed by atoms with Gasteiger partial charge in [0.1, 0.15) is 11.5 Å². The standard InChI is InChI=1S/C20H20ClN3O2S/c1-3-12-24-19(17-6-4-5-7-18(17)25-2)22-23-20(24)27-14-13-26-16-10-8-15(21)9-11-16/h3-11H,1,12-14H2,2H3. The van der Waals surface area contributed by atoms with Crippen molar-refractivity contribution in [3.05, 3.63) is 66.2 Å². The summed E-state index contributed by atoms with van der Waals surface area (Å²) >= 11 is 7.47. The lowest BCUT2D eigenvalue weighted by Gasteiger charge is -2.11. The highest BCUT2D eigenvalue weighted by molar-refractivity contribution is 7.99. The minimum atomic E-state index is 0.553. The van der Waals surface area contributed by atoms with Gasteiger partial charge in [-0.3, -0.25) is 4.57 Å². The molecular formula is C20H20ClN3O2S. The first-order chi connectivity index (χ1) is 13.2. The smallest absolute Gasteiger partial charge is 0.191 e. The van der Waals surface area contributed by atoms with Crippen LogP contribution in [0, 0.1) is 0 Å². The van der Waals surface area contributed by atoms with Crippen LogP contribution in [0.2, 0.25) is 5.02 Å². The van der Waals surface area contributed by atoms with Crippen LogP contribution in [0.15, 0.2) is 66.3 Å². The molecule has 3 rings (SSSR count). The van der Waals surface area contributed by atoms with Crippen molar-refractivity contribution in [1.29, 1.82) is 0 Å². The van der Waals surface area contributed by atoms with E-state index in [1.165, 1.54) is 0 Å². The molecule has 0 spiro atoms. The molecule has 7 heteroatoms. The fraction of sp³-hybridized carbons (Fsp3) is 0.200. The summed E-state index contributed by atoms with van der Waals surface area (Å²) in [4.78, 5) is 0. The molecule has 2 aromatic carbocycles. The highest BCUT2D eigenvalue weighted by Crippen LogP contribution is 2.30. The van der Waals surface area contributed by atoms with Crippen LogP contribution < -0.4 is 9.47 Å². The van der Waals surface area contributed by atoms with Gasteiger partial charge in [0.15, 0.2) is 11.0 Å². The predicted octanol–water partition coefficient (Wildman–Crippen LogP) is 4.96. The van der Waals surface area contributed by atoms with Gasteiger partial charge in [-0.25, -0.2) is 0 Å². The topological polar surface area (TPSA) is 49.2 Å². The van der Waals surface area contributed by atoms with Crippen molar-refractivity contribution >= 4 is 23.4 Å². The Morgan fingerprint density at radius 2 is 1.93 bits per heavy atom. The molecule has 3 aromatic rings. The highest BCUT2D eigenvalue weighted by Gasteiger charge is 2.16. The van der Waals surface area contributed by atoms with Crippen molar-refractivity contribution in [2.45, 2.75) is 11.7 Å². The number of thioether (sulfide) groups is 1. The summed E-state index contributed by atoms with van der Waals surface area (Å²) in [6.07, 6.45) is 1.83. The van der Waals surface area contributed by atoms with Gasteiger partial charge in [0, 0.05) is 17.3 Å². The van der Waals surface area contributed by atoms with E-state index in [1.54, 1.807) is 18.9 Å². The molecule has 0 amide bonds. The van der Waals surface area contributed by atoms with Crippen LogP contribution in [0.3, 0.4) is 0 Å². The van der Waals surface area contributed by atoms with Gasteiger partial charge in [0.2, 0.25) is 0 Å². The maximum Gasteiger partial charge on any atom is 0.191 e. The zero-order valence-electron chi connectivity index (χ0n) is 15.0. The average molecular weight is 402 g/mol. The largest absolute Gasteiger partial charge is 0.496 e. The number of rotatable bonds is 9. The van der Waals surface area contributed by atoms with Crippen LogP contribution in [-0.2, 0) is 6.54 Å². The molecule has 0 fully saturated rings. The van der Waals surface area contributed by atoms with Gasteiger partial charge >= 0.3 is 0 Å². The Kier molecular flexibility index (Phi) is 6.79. The second kappa shape index (κ2) is 9.48. The zero-order valence-corrected chi connectivity index (χ0v) is 16.5. The van der Waals surface area contributed by atoms with E-state index in [-0.39, 0.29) is 0 Å². The Balaban J connectivity index is 1.69. The van der Waals surface area contributed by atoms with E-state index in [2.05, 4.69) is 16.8 Å². The molecule has 0 aliphatic rings. The molecular weight excluding hydrogens is 382 g/mol. The molecule has 0 unspecified atom stereocenters. The Morgan fingerprint density at radius 1 is 1.15 bits per heavy atom. The van der Waals surface area contributed by atoms with Crippen LogP contribution in [0.25, 0.3) is 11.4 Å². The van der Waals surface area contributed by atoms with Crippen molar-refractivity contribution in [2.24, 2.45) is 0 Å². The van der Waals surface area contributed by atoms with Crippen LogP contribution in [0.1, 0.15) is 0 Å². The molecule has 0 saturated heterocycles. The van der Waals surface area contributed by atoms with E-state index < -0.39 is 0 Å². The Morgan fingerprint density at radius 3 is 2.67 bits per heavy atom. The third kappa shape index (κ3) is 4.84. The van der Waals surface area contributed by atoms with E-state index >= 15 is 0 Å². The van der Waals surface area contributed by atoms with E-state index in [1.807, 2.05) is 59.2 Å². The van der Waals surface area contributed by atoms with Crippen LogP contribution in [-0.4, -0.2) is 34.2 Å². The summed E-state index contributed by atoms with van der Waals surface area (Å²) < 4.78 is 13.2. The van der Waals surface area contributed by atoms with Crippen molar-refractivity contribution in [1.82, 2.24) is 14.8 Å². The monoisotopic (exact) mass is 401 g/mol. The van der Waals surface area contributed by atoms with Gasteiger partial charge in [0.05, 0.1) is 19.3 Å². The number of nitrogens with zero attached hydrogens (tertiary/aromatic N) is 3. The van der Waals surface area contributed by atoms with Crippen molar-refractivity contribution in [2.75, 3.05) is 19.5 Å².